The van der Waals surface area contributed by atoms with E-state index in [1.165, 1.54) is 0 Å². The van der Waals surface area contributed by atoms with E-state index in [1.54, 1.807) is 0 Å². The second-order valence-electron chi connectivity index (χ2n) is 5.44. The van der Waals surface area contributed by atoms with Gasteiger partial charge in [0.1, 0.15) is 0 Å². The number of amides is 1. The summed E-state index contributed by atoms with van der Waals surface area (Å²) in [6, 6.07) is 6.26. The van der Waals surface area contributed by atoms with Gasteiger partial charge in [-0.25, -0.2) is 0 Å². The monoisotopic (exact) mass is 374 g/mol. The van der Waals surface area contributed by atoms with Gasteiger partial charge in [-0.1, -0.05) is 28.9 Å². The lowest BCUT2D eigenvalue weighted by Crippen LogP contribution is -2.46. The Kier molecular flexibility index (Phi) is 7.71. The van der Waals surface area contributed by atoms with Crippen LogP contribution in [0.4, 0.5) is 0 Å². The van der Waals surface area contributed by atoms with Crippen LogP contribution in [0.15, 0.2) is 22.7 Å². The van der Waals surface area contributed by atoms with Gasteiger partial charge in [-0.05, 0) is 57.0 Å². The van der Waals surface area contributed by atoms with Gasteiger partial charge in [-0.15, -0.1) is 12.4 Å². The smallest absolute Gasteiger partial charge is 0.254 e. The van der Waals surface area contributed by atoms with Crippen LogP contribution in [0, 0.1) is 6.92 Å². The van der Waals surface area contributed by atoms with Crippen molar-refractivity contribution >= 4 is 34.2 Å². The molecule has 0 unspecified atom stereocenters. The fraction of sp³-hybridized carbons (Fsp3) is 0.562. The first kappa shape index (κ1) is 18.5. The molecule has 1 saturated heterocycles. The van der Waals surface area contributed by atoms with Crippen molar-refractivity contribution in [2.75, 3.05) is 19.6 Å². The zero-order chi connectivity index (χ0) is 14.5. The van der Waals surface area contributed by atoms with Crippen LogP contribution in [0.3, 0.4) is 0 Å². The molecule has 0 atom stereocenters. The Labute approximate surface area is 142 Å². The van der Waals surface area contributed by atoms with Crippen LogP contribution in [0.1, 0.15) is 42.1 Å². The summed E-state index contributed by atoms with van der Waals surface area (Å²) in [5.41, 5.74) is 1.94. The highest BCUT2D eigenvalue weighted by Gasteiger charge is 2.25. The summed E-state index contributed by atoms with van der Waals surface area (Å²) in [5.74, 6) is 0.166. The molecule has 0 saturated carbocycles. The molecule has 1 aromatic rings. The molecule has 1 heterocycles. The third-order valence-electron chi connectivity index (χ3n) is 3.89. The van der Waals surface area contributed by atoms with Gasteiger partial charge in [0.25, 0.3) is 5.91 Å². The van der Waals surface area contributed by atoms with Crippen LogP contribution in [0.25, 0.3) is 0 Å². The Bertz CT molecular complexity index is 475. The average molecular weight is 376 g/mol. The van der Waals surface area contributed by atoms with E-state index in [1.807, 2.05) is 25.1 Å². The molecule has 1 aliphatic heterocycles. The molecular formula is C16H24BrClN2O. The molecule has 1 fully saturated rings. The summed E-state index contributed by atoms with van der Waals surface area (Å²) in [6.07, 6.45) is 3.11. The molecule has 5 heteroatoms. The number of halogens is 2. The molecule has 0 radical (unpaired) electrons. The van der Waals surface area contributed by atoms with Crippen LogP contribution >= 0.6 is 28.3 Å². The largest absolute Gasteiger partial charge is 0.336 e. The van der Waals surface area contributed by atoms with E-state index in [0.29, 0.717) is 6.04 Å². The van der Waals surface area contributed by atoms with Crippen molar-refractivity contribution in [2.24, 2.45) is 0 Å². The predicted molar refractivity (Wildman–Crippen MR) is 93.3 cm³/mol. The molecule has 1 N–H and O–H groups in total. The number of hydrogen-bond acceptors (Lipinski definition) is 2. The Morgan fingerprint density at radius 2 is 2.05 bits per heavy atom. The van der Waals surface area contributed by atoms with Crippen molar-refractivity contribution in [2.45, 2.75) is 39.2 Å². The van der Waals surface area contributed by atoms with E-state index in [0.717, 1.165) is 54.5 Å². The minimum Gasteiger partial charge on any atom is -0.336 e. The van der Waals surface area contributed by atoms with E-state index in [2.05, 4.69) is 33.1 Å². The molecule has 1 amide bonds. The Morgan fingerprint density at radius 3 is 2.62 bits per heavy atom. The molecule has 1 aromatic carbocycles. The third-order valence-corrected chi connectivity index (χ3v) is 4.75. The van der Waals surface area contributed by atoms with Gasteiger partial charge in [-0.3, -0.25) is 4.79 Å². The predicted octanol–water partition coefficient (Wildman–Crippen LogP) is 3.78. The maximum Gasteiger partial charge on any atom is 0.254 e. The molecule has 2 rings (SSSR count). The topological polar surface area (TPSA) is 32.3 Å². The first-order valence-electron chi connectivity index (χ1n) is 7.41. The second-order valence-corrected chi connectivity index (χ2v) is 6.30. The highest BCUT2D eigenvalue weighted by Crippen LogP contribution is 2.21. The van der Waals surface area contributed by atoms with Crippen molar-refractivity contribution in [1.29, 1.82) is 0 Å². The molecule has 0 bridgehead atoms. The quantitative estimate of drug-likeness (QED) is 0.868. The van der Waals surface area contributed by atoms with Gasteiger partial charge in [0, 0.05) is 22.6 Å². The van der Waals surface area contributed by atoms with E-state index in [-0.39, 0.29) is 18.3 Å². The standard InChI is InChI=1S/C16H23BrN2O.ClH/c1-3-10-19(14-6-8-18-9-7-14)16(20)13-5-4-12(2)15(17)11-13;/h4-5,11,14,18H,3,6-10H2,1-2H3;1H. The molecule has 0 aromatic heterocycles. The van der Waals surface area contributed by atoms with E-state index < -0.39 is 0 Å². The van der Waals surface area contributed by atoms with Gasteiger partial charge in [0.05, 0.1) is 0 Å². The number of carbonyl (C=O) groups is 1. The van der Waals surface area contributed by atoms with Crippen molar-refractivity contribution in [1.82, 2.24) is 10.2 Å². The molecule has 0 aliphatic carbocycles. The summed E-state index contributed by atoms with van der Waals surface area (Å²) in [7, 11) is 0. The molecule has 118 valence electrons. The van der Waals surface area contributed by atoms with Gasteiger partial charge in [-0.2, -0.15) is 0 Å². The number of hydrogen-bond donors (Lipinski definition) is 1. The lowest BCUT2D eigenvalue weighted by molar-refractivity contribution is 0.0642. The Morgan fingerprint density at radius 1 is 1.38 bits per heavy atom. The number of carbonyl (C=O) groups excluding carboxylic acids is 1. The molecule has 3 nitrogen and oxygen atoms in total. The summed E-state index contributed by atoms with van der Waals surface area (Å²) in [5, 5.41) is 3.36. The van der Waals surface area contributed by atoms with Crippen molar-refractivity contribution in [3.8, 4) is 0 Å². The summed E-state index contributed by atoms with van der Waals surface area (Å²) >= 11 is 3.52. The summed E-state index contributed by atoms with van der Waals surface area (Å²) in [6.45, 7) is 7.03. The second kappa shape index (κ2) is 8.76. The molecule has 21 heavy (non-hydrogen) atoms. The van der Waals surface area contributed by atoms with E-state index >= 15 is 0 Å². The zero-order valence-electron chi connectivity index (χ0n) is 12.7. The van der Waals surface area contributed by atoms with Crippen molar-refractivity contribution < 1.29 is 4.79 Å². The lowest BCUT2D eigenvalue weighted by Gasteiger charge is -2.34. The first-order valence-corrected chi connectivity index (χ1v) is 8.20. The van der Waals surface area contributed by atoms with Gasteiger partial charge >= 0.3 is 0 Å². The number of nitrogens with zero attached hydrogens (tertiary/aromatic N) is 1. The Hall–Kier alpha value is -0.580. The first-order chi connectivity index (χ1) is 9.63. The van der Waals surface area contributed by atoms with E-state index in [9.17, 15) is 4.79 Å². The van der Waals surface area contributed by atoms with Crippen LogP contribution in [-0.4, -0.2) is 36.5 Å². The fourth-order valence-electron chi connectivity index (χ4n) is 2.70. The maximum atomic E-state index is 12.8. The fourth-order valence-corrected chi connectivity index (χ4v) is 3.08. The number of rotatable bonds is 4. The van der Waals surface area contributed by atoms with Gasteiger partial charge in [0.2, 0.25) is 0 Å². The van der Waals surface area contributed by atoms with E-state index in [4.69, 9.17) is 0 Å². The maximum absolute atomic E-state index is 12.8. The number of benzene rings is 1. The number of aryl methyl sites for hydroxylation is 1. The van der Waals surface area contributed by atoms with Crippen molar-refractivity contribution in [3.63, 3.8) is 0 Å². The van der Waals surface area contributed by atoms with Crippen LogP contribution in [0.5, 0.6) is 0 Å². The highest BCUT2D eigenvalue weighted by atomic mass is 79.9. The molecule has 1 aliphatic rings. The number of piperidine rings is 1. The third kappa shape index (κ3) is 4.70. The highest BCUT2D eigenvalue weighted by molar-refractivity contribution is 9.10. The van der Waals surface area contributed by atoms with Crippen molar-refractivity contribution in [3.05, 3.63) is 33.8 Å². The van der Waals surface area contributed by atoms with Crippen LogP contribution < -0.4 is 5.32 Å². The minimum atomic E-state index is 0. The van der Waals surface area contributed by atoms with Crippen LogP contribution in [-0.2, 0) is 0 Å². The number of nitrogens with one attached hydrogen (secondary N) is 1. The molecule has 0 spiro atoms. The zero-order valence-corrected chi connectivity index (χ0v) is 15.1. The SMILES string of the molecule is CCCN(C(=O)c1ccc(C)c(Br)c1)C1CCNCC1.Cl. The average Bonchev–Trinajstić information content (AvgIpc) is 2.48. The molecular weight excluding hydrogens is 352 g/mol. The normalized spacial score (nSPS) is 15.4. The van der Waals surface area contributed by atoms with Gasteiger partial charge in [0.15, 0.2) is 0 Å². The lowest BCUT2D eigenvalue weighted by atomic mass is 10.0. The van der Waals surface area contributed by atoms with Gasteiger partial charge < -0.3 is 10.2 Å². The summed E-state index contributed by atoms with van der Waals surface area (Å²) in [4.78, 5) is 14.8. The summed E-state index contributed by atoms with van der Waals surface area (Å²) < 4.78 is 1.00. The minimum absolute atomic E-state index is 0. The van der Waals surface area contributed by atoms with Crippen LogP contribution in [0.2, 0.25) is 0 Å². The Balaban J connectivity index is 0.00000220.